The fraction of sp³-hybridized carbons (Fsp3) is 0.700. The zero-order chi connectivity index (χ0) is 9.90. The average molecular weight is 215 g/mol. The molecular weight excluding hydrogens is 198 g/mol. The lowest BCUT2D eigenvalue weighted by Gasteiger charge is -2.16. The van der Waals surface area contributed by atoms with E-state index in [0.29, 0.717) is 4.75 Å². The van der Waals surface area contributed by atoms with Gasteiger partial charge in [-0.15, -0.1) is 23.1 Å². The van der Waals surface area contributed by atoms with E-state index in [1.807, 2.05) is 11.8 Å². The van der Waals surface area contributed by atoms with Gasteiger partial charge < -0.3 is 0 Å². The van der Waals surface area contributed by atoms with E-state index >= 15 is 0 Å². The first-order valence-electron chi connectivity index (χ1n) is 4.58. The molecule has 0 bridgehead atoms. The number of rotatable bonds is 3. The van der Waals surface area contributed by atoms with Crippen LogP contribution in [0.5, 0.6) is 0 Å². The van der Waals surface area contributed by atoms with Crippen molar-refractivity contribution in [3.8, 4) is 0 Å². The van der Waals surface area contributed by atoms with Gasteiger partial charge in [-0.2, -0.15) is 0 Å². The Bertz CT molecular complexity index is 260. The maximum Gasteiger partial charge on any atom is 0.103 e. The normalized spacial score (nSPS) is 12.0. The minimum absolute atomic E-state index is 0.345. The summed E-state index contributed by atoms with van der Waals surface area (Å²) < 4.78 is 0.345. The van der Waals surface area contributed by atoms with E-state index < -0.39 is 0 Å². The van der Waals surface area contributed by atoms with Gasteiger partial charge in [-0.3, -0.25) is 0 Å². The lowest BCUT2D eigenvalue weighted by atomic mass is 10.3. The highest BCUT2D eigenvalue weighted by molar-refractivity contribution is 7.99. The van der Waals surface area contributed by atoms with Gasteiger partial charge in [-0.25, -0.2) is 4.98 Å². The molecule has 13 heavy (non-hydrogen) atoms. The monoisotopic (exact) mass is 215 g/mol. The van der Waals surface area contributed by atoms with Gasteiger partial charge in [0.25, 0.3) is 0 Å². The summed E-state index contributed by atoms with van der Waals surface area (Å²) in [5.41, 5.74) is 1.23. The third-order valence-corrected chi connectivity index (χ3v) is 3.95. The first kappa shape index (κ1) is 11.1. The van der Waals surface area contributed by atoms with Crippen LogP contribution in [0.2, 0.25) is 0 Å². The third-order valence-electron chi connectivity index (χ3n) is 1.59. The van der Waals surface area contributed by atoms with Gasteiger partial charge in [-0.05, 0) is 6.42 Å². The molecule has 1 aromatic rings. The fourth-order valence-electron chi connectivity index (χ4n) is 0.856. The van der Waals surface area contributed by atoms with Crippen LogP contribution in [0, 0.1) is 0 Å². The van der Waals surface area contributed by atoms with Gasteiger partial charge >= 0.3 is 0 Å². The molecule has 3 heteroatoms. The zero-order valence-corrected chi connectivity index (χ0v) is 10.4. The summed E-state index contributed by atoms with van der Waals surface area (Å²) in [6.45, 7) is 8.87. The van der Waals surface area contributed by atoms with Crippen LogP contribution < -0.4 is 0 Å². The number of aryl methyl sites for hydroxylation is 1. The summed E-state index contributed by atoms with van der Waals surface area (Å²) in [5.74, 6) is 1.05. The molecule has 0 saturated carbocycles. The molecule has 0 aliphatic rings. The minimum atomic E-state index is 0.345. The Morgan fingerprint density at radius 2 is 2.15 bits per heavy atom. The van der Waals surface area contributed by atoms with E-state index in [1.54, 1.807) is 11.3 Å². The Balaban J connectivity index is 2.46. The molecule has 1 nitrogen and oxygen atoms in total. The second kappa shape index (κ2) is 4.47. The number of aromatic nitrogens is 1. The molecule has 1 aromatic heterocycles. The van der Waals surface area contributed by atoms with Crippen molar-refractivity contribution in [1.29, 1.82) is 0 Å². The quantitative estimate of drug-likeness (QED) is 0.762. The molecule has 0 aliphatic carbocycles. The lowest BCUT2D eigenvalue weighted by Crippen LogP contribution is -2.07. The third kappa shape index (κ3) is 4.14. The summed E-state index contributed by atoms with van der Waals surface area (Å²) >= 11 is 3.74. The van der Waals surface area contributed by atoms with Gasteiger partial charge in [-0.1, -0.05) is 27.7 Å². The maximum atomic E-state index is 4.53. The van der Waals surface area contributed by atoms with Gasteiger partial charge in [0.1, 0.15) is 5.01 Å². The van der Waals surface area contributed by atoms with Crippen molar-refractivity contribution in [2.24, 2.45) is 0 Å². The van der Waals surface area contributed by atoms with Crippen molar-refractivity contribution >= 4 is 23.1 Å². The summed E-state index contributed by atoms with van der Waals surface area (Å²) in [4.78, 5) is 4.53. The molecule has 0 N–H and O–H groups in total. The van der Waals surface area contributed by atoms with Gasteiger partial charge in [0.05, 0.1) is 5.69 Å². The molecular formula is C10H17NS2. The Kier molecular flexibility index (Phi) is 3.80. The smallest absolute Gasteiger partial charge is 0.103 e. The molecule has 1 rings (SSSR count). The molecule has 0 aliphatic heterocycles. The number of hydrogen-bond donors (Lipinski definition) is 0. The summed E-state index contributed by atoms with van der Waals surface area (Å²) in [5, 5.41) is 3.43. The van der Waals surface area contributed by atoms with E-state index in [0.717, 1.165) is 12.2 Å². The predicted octanol–water partition coefficient (Wildman–Crippen LogP) is 3.74. The highest BCUT2D eigenvalue weighted by Crippen LogP contribution is 2.28. The molecule has 0 fully saturated rings. The van der Waals surface area contributed by atoms with Crippen molar-refractivity contribution in [2.75, 3.05) is 0 Å². The molecule has 0 unspecified atom stereocenters. The summed E-state index contributed by atoms with van der Waals surface area (Å²) in [6, 6.07) is 0. The predicted molar refractivity (Wildman–Crippen MR) is 62.5 cm³/mol. The maximum absolute atomic E-state index is 4.53. The Labute approximate surface area is 89.0 Å². The van der Waals surface area contributed by atoms with E-state index in [9.17, 15) is 0 Å². The van der Waals surface area contributed by atoms with Crippen molar-refractivity contribution in [1.82, 2.24) is 4.98 Å². The van der Waals surface area contributed by atoms with Crippen molar-refractivity contribution in [3.05, 3.63) is 16.1 Å². The zero-order valence-electron chi connectivity index (χ0n) is 8.76. The summed E-state index contributed by atoms with van der Waals surface area (Å²) in [7, 11) is 0. The SMILES string of the molecule is CCc1csc(CSC(C)(C)C)n1. The lowest BCUT2D eigenvalue weighted by molar-refractivity contribution is 0.802. The van der Waals surface area contributed by atoms with Gasteiger partial charge in [0.2, 0.25) is 0 Å². The van der Waals surface area contributed by atoms with E-state index in [2.05, 4.69) is 38.1 Å². The van der Waals surface area contributed by atoms with Crippen LogP contribution in [-0.2, 0) is 12.2 Å². The van der Waals surface area contributed by atoms with Gasteiger partial charge in [0, 0.05) is 15.9 Å². The largest absolute Gasteiger partial charge is 0.245 e. The molecule has 1 heterocycles. The average Bonchev–Trinajstić information content (AvgIpc) is 2.47. The first-order valence-corrected chi connectivity index (χ1v) is 6.45. The fourth-order valence-corrected chi connectivity index (χ4v) is 2.59. The number of thioether (sulfide) groups is 1. The highest BCUT2D eigenvalue weighted by Gasteiger charge is 2.11. The van der Waals surface area contributed by atoms with Crippen molar-refractivity contribution in [3.63, 3.8) is 0 Å². The van der Waals surface area contributed by atoms with E-state index in [1.165, 1.54) is 10.7 Å². The van der Waals surface area contributed by atoms with Crippen LogP contribution in [0.1, 0.15) is 38.4 Å². The van der Waals surface area contributed by atoms with E-state index in [-0.39, 0.29) is 0 Å². The van der Waals surface area contributed by atoms with Crippen molar-refractivity contribution in [2.45, 2.75) is 44.6 Å². The molecule has 0 saturated heterocycles. The molecule has 0 amide bonds. The number of thiazole rings is 1. The molecule has 0 aromatic carbocycles. The van der Waals surface area contributed by atoms with Crippen LogP contribution in [0.4, 0.5) is 0 Å². The Morgan fingerprint density at radius 3 is 2.62 bits per heavy atom. The standard InChI is InChI=1S/C10H17NS2/c1-5-8-6-12-9(11-8)7-13-10(2,3)4/h6H,5,7H2,1-4H3. The summed E-state index contributed by atoms with van der Waals surface area (Å²) in [6.07, 6.45) is 1.05. The Hall–Kier alpha value is -0.0200. The molecule has 0 spiro atoms. The number of hydrogen-bond acceptors (Lipinski definition) is 3. The Morgan fingerprint density at radius 1 is 1.46 bits per heavy atom. The van der Waals surface area contributed by atoms with Crippen LogP contribution in [0.15, 0.2) is 5.38 Å². The van der Waals surface area contributed by atoms with Crippen molar-refractivity contribution < 1.29 is 0 Å². The molecule has 0 radical (unpaired) electrons. The van der Waals surface area contributed by atoms with E-state index in [4.69, 9.17) is 0 Å². The van der Waals surface area contributed by atoms with Crippen LogP contribution in [0.25, 0.3) is 0 Å². The second-order valence-electron chi connectivity index (χ2n) is 3.99. The molecule has 74 valence electrons. The highest BCUT2D eigenvalue weighted by atomic mass is 32.2. The van der Waals surface area contributed by atoms with Crippen LogP contribution >= 0.6 is 23.1 Å². The number of nitrogens with zero attached hydrogens (tertiary/aromatic N) is 1. The van der Waals surface area contributed by atoms with Gasteiger partial charge in [0.15, 0.2) is 0 Å². The second-order valence-corrected chi connectivity index (χ2v) is 6.73. The topological polar surface area (TPSA) is 12.9 Å². The molecule has 0 atom stereocenters. The van der Waals surface area contributed by atoms with Crippen LogP contribution in [-0.4, -0.2) is 9.73 Å². The van der Waals surface area contributed by atoms with Crippen LogP contribution in [0.3, 0.4) is 0 Å². The first-order chi connectivity index (χ1) is 6.01. The minimum Gasteiger partial charge on any atom is -0.245 e.